The normalized spacial score (nSPS) is 14.3. The van der Waals surface area contributed by atoms with E-state index in [1.807, 2.05) is 0 Å². The molecule has 0 fully saturated rings. The summed E-state index contributed by atoms with van der Waals surface area (Å²) >= 11 is 6.25. The van der Waals surface area contributed by atoms with Gasteiger partial charge in [0.15, 0.2) is 11.5 Å². The number of hydrogen-bond acceptors (Lipinski definition) is 7. The Bertz CT molecular complexity index is 1130. The van der Waals surface area contributed by atoms with Crippen molar-refractivity contribution in [2.45, 2.75) is 30.9 Å². The Balaban J connectivity index is 1.58. The van der Waals surface area contributed by atoms with E-state index in [-0.39, 0.29) is 17.1 Å². The highest BCUT2D eigenvalue weighted by Gasteiger charge is 2.21. The van der Waals surface area contributed by atoms with Crippen LogP contribution in [-0.2, 0) is 26.2 Å². The summed E-state index contributed by atoms with van der Waals surface area (Å²) in [6.45, 7) is 2.43. The molecule has 33 heavy (non-hydrogen) atoms. The molecule has 0 unspecified atom stereocenters. The Morgan fingerprint density at radius 3 is 2.48 bits per heavy atom. The smallest absolute Gasteiger partial charge is 0.328 e. The third-order valence-electron chi connectivity index (χ3n) is 4.84. The van der Waals surface area contributed by atoms with Gasteiger partial charge in [-0.1, -0.05) is 11.6 Å². The molecular weight excluding hydrogens is 472 g/mol. The summed E-state index contributed by atoms with van der Waals surface area (Å²) in [5.41, 5.74) is 0.829. The molecule has 2 aromatic carbocycles. The Kier molecular flexibility index (Phi) is 7.83. The standard InChI is InChI=1S/C22H25ClN2O7S/c1-14(24-21(26)16-5-7-17(8-6-16)33(28,29)25(2)3)22(27)32-13-15-11-18(23)20-19(12-15)30-9-4-10-31-20/h5-8,11-12,14H,4,9-10,13H2,1-3H3,(H,24,26)/t14-/m1/s1. The van der Waals surface area contributed by atoms with Gasteiger partial charge >= 0.3 is 5.97 Å². The number of carbonyl (C=O) groups is 2. The van der Waals surface area contributed by atoms with Gasteiger partial charge in [-0.25, -0.2) is 17.5 Å². The third kappa shape index (κ3) is 5.95. The molecule has 0 radical (unpaired) electrons. The monoisotopic (exact) mass is 496 g/mol. The molecule has 178 valence electrons. The highest BCUT2D eigenvalue weighted by Crippen LogP contribution is 2.38. The van der Waals surface area contributed by atoms with E-state index in [1.54, 1.807) is 12.1 Å². The summed E-state index contributed by atoms with van der Waals surface area (Å²) in [6.07, 6.45) is 0.737. The quantitative estimate of drug-likeness (QED) is 0.586. The van der Waals surface area contributed by atoms with Gasteiger partial charge in [0.25, 0.3) is 5.91 Å². The summed E-state index contributed by atoms with van der Waals surface area (Å²) in [5.74, 6) is -0.216. The molecule has 1 atom stereocenters. The van der Waals surface area contributed by atoms with Crippen molar-refractivity contribution in [2.75, 3.05) is 27.3 Å². The predicted molar refractivity (Wildman–Crippen MR) is 121 cm³/mol. The third-order valence-corrected chi connectivity index (χ3v) is 6.95. The maximum absolute atomic E-state index is 12.4. The van der Waals surface area contributed by atoms with Gasteiger partial charge in [0.05, 0.1) is 23.1 Å². The van der Waals surface area contributed by atoms with Crippen LogP contribution >= 0.6 is 11.6 Å². The Morgan fingerprint density at radius 1 is 1.15 bits per heavy atom. The summed E-state index contributed by atoms with van der Waals surface area (Å²) < 4.78 is 41.8. The molecule has 1 N–H and O–H groups in total. The van der Waals surface area contributed by atoms with Crippen LogP contribution in [0.3, 0.4) is 0 Å². The lowest BCUT2D eigenvalue weighted by molar-refractivity contribution is -0.146. The fraction of sp³-hybridized carbons (Fsp3) is 0.364. The van der Waals surface area contributed by atoms with Crippen molar-refractivity contribution in [1.29, 1.82) is 0 Å². The van der Waals surface area contributed by atoms with E-state index < -0.39 is 27.9 Å². The zero-order valence-corrected chi connectivity index (χ0v) is 20.0. The van der Waals surface area contributed by atoms with Gasteiger partial charge in [-0.3, -0.25) is 4.79 Å². The van der Waals surface area contributed by atoms with Crippen molar-refractivity contribution < 1.29 is 32.2 Å². The fourth-order valence-electron chi connectivity index (χ4n) is 2.97. The molecule has 0 aromatic heterocycles. The Morgan fingerprint density at radius 2 is 1.82 bits per heavy atom. The number of halogens is 1. The molecule has 1 aliphatic heterocycles. The topological polar surface area (TPSA) is 111 Å². The molecule has 9 nitrogen and oxygen atoms in total. The molecule has 2 aromatic rings. The summed E-state index contributed by atoms with van der Waals surface area (Å²) in [4.78, 5) is 24.9. The number of ether oxygens (including phenoxy) is 3. The predicted octanol–water partition coefficient (Wildman–Crippen LogP) is 2.61. The summed E-state index contributed by atoms with van der Waals surface area (Å²) in [5, 5.41) is 2.90. The first-order chi connectivity index (χ1) is 15.6. The highest BCUT2D eigenvalue weighted by molar-refractivity contribution is 7.89. The van der Waals surface area contributed by atoms with Crippen molar-refractivity contribution >= 4 is 33.5 Å². The van der Waals surface area contributed by atoms with Crippen LogP contribution in [0, 0.1) is 0 Å². The first-order valence-electron chi connectivity index (χ1n) is 10.2. The van der Waals surface area contributed by atoms with Gasteiger partial charge < -0.3 is 19.5 Å². The Labute approximate surface area is 197 Å². The molecule has 3 rings (SSSR count). The maximum Gasteiger partial charge on any atom is 0.328 e. The molecule has 0 aliphatic carbocycles. The highest BCUT2D eigenvalue weighted by atomic mass is 35.5. The molecule has 1 aliphatic rings. The number of hydrogen-bond donors (Lipinski definition) is 1. The number of sulfonamides is 1. The number of rotatable bonds is 7. The molecule has 1 heterocycles. The molecule has 0 saturated heterocycles. The van der Waals surface area contributed by atoms with Crippen molar-refractivity contribution in [2.24, 2.45) is 0 Å². The lowest BCUT2D eigenvalue weighted by Gasteiger charge is -2.15. The average molecular weight is 497 g/mol. The lowest BCUT2D eigenvalue weighted by atomic mass is 10.2. The average Bonchev–Trinajstić information content (AvgIpc) is 3.03. The van der Waals surface area contributed by atoms with Gasteiger partial charge in [-0.2, -0.15) is 0 Å². The van der Waals surface area contributed by atoms with E-state index >= 15 is 0 Å². The minimum Gasteiger partial charge on any atom is -0.489 e. The van der Waals surface area contributed by atoms with Crippen molar-refractivity contribution in [3.63, 3.8) is 0 Å². The first-order valence-corrected chi connectivity index (χ1v) is 12.0. The second-order valence-corrected chi connectivity index (χ2v) is 10.1. The molecule has 0 saturated carbocycles. The van der Waals surface area contributed by atoms with Crippen LogP contribution in [0.1, 0.15) is 29.3 Å². The number of esters is 1. The number of nitrogens with zero attached hydrogens (tertiary/aromatic N) is 1. The second kappa shape index (κ2) is 10.4. The lowest BCUT2D eigenvalue weighted by Crippen LogP contribution is -2.39. The van der Waals surface area contributed by atoms with Crippen molar-refractivity contribution in [3.8, 4) is 11.5 Å². The zero-order valence-electron chi connectivity index (χ0n) is 18.5. The van der Waals surface area contributed by atoms with Crippen LogP contribution in [0.5, 0.6) is 11.5 Å². The fourth-order valence-corrected chi connectivity index (χ4v) is 4.16. The number of fused-ring (bicyclic) bond motifs is 1. The Hall–Kier alpha value is -2.82. The van der Waals surface area contributed by atoms with Crippen molar-refractivity contribution in [1.82, 2.24) is 9.62 Å². The van der Waals surface area contributed by atoms with E-state index in [1.165, 1.54) is 45.3 Å². The minimum atomic E-state index is -3.60. The van der Waals surface area contributed by atoms with Crippen LogP contribution in [0.15, 0.2) is 41.3 Å². The largest absolute Gasteiger partial charge is 0.489 e. The molecule has 0 bridgehead atoms. The van der Waals surface area contributed by atoms with Crippen LogP contribution in [0.4, 0.5) is 0 Å². The maximum atomic E-state index is 12.4. The zero-order chi connectivity index (χ0) is 24.2. The minimum absolute atomic E-state index is 0.0605. The van der Waals surface area contributed by atoms with Gasteiger partial charge in [-0.15, -0.1) is 0 Å². The number of nitrogens with one attached hydrogen (secondary N) is 1. The summed E-state index contributed by atoms with van der Waals surface area (Å²) in [6, 6.07) is 7.83. The van der Waals surface area contributed by atoms with E-state index in [4.69, 9.17) is 25.8 Å². The van der Waals surface area contributed by atoms with E-state index in [9.17, 15) is 18.0 Å². The number of carbonyl (C=O) groups excluding carboxylic acids is 2. The molecular formula is C22H25ClN2O7S. The van der Waals surface area contributed by atoms with E-state index in [2.05, 4.69) is 5.32 Å². The number of amides is 1. The van der Waals surface area contributed by atoms with Crippen molar-refractivity contribution in [3.05, 3.63) is 52.5 Å². The second-order valence-electron chi connectivity index (χ2n) is 7.57. The van der Waals surface area contributed by atoms with Gasteiger partial charge in [0.1, 0.15) is 12.6 Å². The van der Waals surface area contributed by atoms with Gasteiger partial charge in [0, 0.05) is 26.1 Å². The van der Waals surface area contributed by atoms with E-state index in [0.717, 1.165) is 10.7 Å². The molecule has 0 spiro atoms. The van der Waals surface area contributed by atoms with Crippen LogP contribution in [0.25, 0.3) is 0 Å². The summed E-state index contributed by atoms with van der Waals surface area (Å²) in [7, 11) is -0.759. The van der Waals surface area contributed by atoms with Crippen LogP contribution < -0.4 is 14.8 Å². The first kappa shape index (κ1) is 24.8. The van der Waals surface area contributed by atoms with Gasteiger partial charge in [0.2, 0.25) is 10.0 Å². The van der Waals surface area contributed by atoms with E-state index in [0.29, 0.717) is 35.3 Å². The van der Waals surface area contributed by atoms with Crippen LogP contribution in [-0.4, -0.2) is 58.0 Å². The number of benzene rings is 2. The molecule has 11 heteroatoms. The van der Waals surface area contributed by atoms with Crippen LogP contribution in [0.2, 0.25) is 5.02 Å². The van der Waals surface area contributed by atoms with Gasteiger partial charge in [-0.05, 0) is 48.9 Å². The molecule has 1 amide bonds. The SMILES string of the molecule is C[C@@H](NC(=O)c1ccc(S(=O)(=O)N(C)C)cc1)C(=O)OCc1cc(Cl)c2c(c1)OCCCO2.